The lowest BCUT2D eigenvalue weighted by molar-refractivity contribution is 0.392. The molecule has 1 heterocycles. The van der Waals surface area contributed by atoms with Crippen LogP contribution in [0.5, 0.6) is 11.5 Å². The Morgan fingerprint density at radius 3 is 2.30 bits per heavy atom. The maximum absolute atomic E-state index is 6.23. The Morgan fingerprint density at radius 2 is 1.80 bits per heavy atom. The van der Waals surface area contributed by atoms with Crippen molar-refractivity contribution in [3.63, 3.8) is 0 Å². The fraction of sp³-hybridized carbons (Fsp3) is 0.267. The molecule has 2 rings (SSSR count). The highest BCUT2D eigenvalue weighted by Gasteiger charge is 2.17. The van der Waals surface area contributed by atoms with Crippen molar-refractivity contribution in [3.05, 3.63) is 52.8 Å². The summed E-state index contributed by atoms with van der Waals surface area (Å²) in [6.45, 7) is 0. The van der Waals surface area contributed by atoms with E-state index in [2.05, 4.69) is 10.3 Å². The second kappa shape index (κ2) is 6.59. The van der Waals surface area contributed by atoms with Crippen molar-refractivity contribution < 1.29 is 9.47 Å². The second-order valence-corrected chi connectivity index (χ2v) is 4.67. The summed E-state index contributed by atoms with van der Waals surface area (Å²) in [5.41, 5.74) is 1.97. The molecule has 0 aliphatic heterocycles. The smallest absolute Gasteiger partial charge is 0.122 e. The van der Waals surface area contributed by atoms with Gasteiger partial charge in [0.25, 0.3) is 0 Å². The minimum absolute atomic E-state index is 0.0606. The molecule has 0 aliphatic carbocycles. The van der Waals surface area contributed by atoms with Crippen LogP contribution in [-0.2, 0) is 0 Å². The van der Waals surface area contributed by atoms with Gasteiger partial charge in [0.2, 0.25) is 0 Å². The number of methoxy groups -OCH3 is 2. The first kappa shape index (κ1) is 14.6. The summed E-state index contributed by atoms with van der Waals surface area (Å²) < 4.78 is 10.6. The molecule has 0 amide bonds. The Labute approximate surface area is 123 Å². The van der Waals surface area contributed by atoms with Gasteiger partial charge in [-0.1, -0.05) is 11.6 Å². The normalized spacial score (nSPS) is 12.0. The number of nitrogens with one attached hydrogen (secondary N) is 1. The number of ether oxygens (including phenoxy) is 2. The number of hydrogen-bond acceptors (Lipinski definition) is 4. The van der Waals surface area contributed by atoms with Crippen LogP contribution in [0.3, 0.4) is 0 Å². The first-order valence-corrected chi connectivity index (χ1v) is 6.57. The van der Waals surface area contributed by atoms with Crippen LogP contribution in [-0.4, -0.2) is 26.3 Å². The number of rotatable bonds is 5. The van der Waals surface area contributed by atoms with Crippen molar-refractivity contribution in [1.82, 2.24) is 10.3 Å². The van der Waals surface area contributed by atoms with E-state index in [1.165, 1.54) is 0 Å². The molecule has 2 aromatic rings. The van der Waals surface area contributed by atoms with E-state index >= 15 is 0 Å². The summed E-state index contributed by atoms with van der Waals surface area (Å²) >= 11 is 6.23. The van der Waals surface area contributed by atoms with Gasteiger partial charge in [-0.25, -0.2) is 0 Å². The molecule has 1 atom stereocenters. The zero-order chi connectivity index (χ0) is 14.5. The summed E-state index contributed by atoms with van der Waals surface area (Å²) in [7, 11) is 5.14. The van der Waals surface area contributed by atoms with Crippen LogP contribution < -0.4 is 14.8 Å². The van der Waals surface area contributed by atoms with Crippen LogP contribution in [0.4, 0.5) is 0 Å². The van der Waals surface area contributed by atoms with Gasteiger partial charge >= 0.3 is 0 Å². The highest BCUT2D eigenvalue weighted by Crippen LogP contribution is 2.32. The molecule has 0 saturated carbocycles. The van der Waals surface area contributed by atoms with Crippen LogP contribution in [0, 0.1) is 0 Å². The molecule has 106 valence electrons. The molecule has 1 aromatic carbocycles. The van der Waals surface area contributed by atoms with Crippen LogP contribution in [0.2, 0.25) is 5.02 Å². The molecule has 1 unspecified atom stereocenters. The van der Waals surface area contributed by atoms with E-state index in [0.717, 1.165) is 22.6 Å². The average molecular weight is 293 g/mol. The molecule has 20 heavy (non-hydrogen) atoms. The van der Waals surface area contributed by atoms with E-state index in [-0.39, 0.29) is 6.04 Å². The van der Waals surface area contributed by atoms with Crippen LogP contribution >= 0.6 is 11.6 Å². The van der Waals surface area contributed by atoms with E-state index in [1.807, 2.05) is 31.3 Å². The molecule has 0 radical (unpaired) electrons. The number of benzene rings is 1. The van der Waals surface area contributed by atoms with Gasteiger partial charge in [-0.3, -0.25) is 4.98 Å². The van der Waals surface area contributed by atoms with Gasteiger partial charge < -0.3 is 14.8 Å². The first-order chi connectivity index (χ1) is 9.69. The summed E-state index contributed by atoms with van der Waals surface area (Å²) in [5, 5.41) is 3.87. The number of aromatic nitrogens is 1. The van der Waals surface area contributed by atoms with E-state index in [4.69, 9.17) is 21.1 Å². The van der Waals surface area contributed by atoms with E-state index in [1.54, 1.807) is 26.6 Å². The number of hydrogen-bond donors (Lipinski definition) is 1. The summed E-state index contributed by atoms with van der Waals surface area (Å²) in [6, 6.07) is 7.59. The monoisotopic (exact) mass is 292 g/mol. The minimum Gasteiger partial charge on any atom is -0.497 e. The third kappa shape index (κ3) is 3.03. The minimum atomic E-state index is -0.0606. The maximum Gasteiger partial charge on any atom is 0.122 e. The van der Waals surface area contributed by atoms with E-state index < -0.39 is 0 Å². The lowest BCUT2D eigenvalue weighted by atomic mass is 9.99. The van der Waals surface area contributed by atoms with Crippen molar-refractivity contribution in [2.75, 3.05) is 21.3 Å². The maximum atomic E-state index is 6.23. The zero-order valence-electron chi connectivity index (χ0n) is 11.7. The summed E-state index contributed by atoms with van der Waals surface area (Å²) in [4.78, 5) is 4.01. The first-order valence-electron chi connectivity index (χ1n) is 6.19. The SMILES string of the molecule is CNC(c1cc(OC)cc(OC)c1)c1ccncc1Cl. The number of nitrogens with zero attached hydrogens (tertiary/aromatic N) is 1. The predicted molar refractivity (Wildman–Crippen MR) is 79.7 cm³/mol. The number of halogens is 1. The van der Waals surface area contributed by atoms with Gasteiger partial charge in [0.05, 0.1) is 25.3 Å². The number of pyridine rings is 1. The third-order valence-corrected chi connectivity index (χ3v) is 3.43. The largest absolute Gasteiger partial charge is 0.497 e. The van der Waals surface area contributed by atoms with Crippen molar-refractivity contribution in [2.24, 2.45) is 0 Å². The molecule has 0 saturated heterocycles. The lowest BCUT2D eigenvalue weighted by Crippen LogP contribution is -2.18. The van der Waals surface area contributed by atoms with Crippen molar-refractivity contribution in [1.29, 1.82) is 0 Å². The van der Waals surface area contributed by atoms with Gasteiger partial charge in [0.15, 0.2) is 0 Å². The van der Waals surface area contributed by atoms with Crippen molar-refractivity contribution >= 4 is 11.6 Å². The topological polar surface area (TPSA) is 43.4 Å². The summed E-state index contributed by atoms with van der Waals surface area (Å²) in [6.07, 6.45) is 3.36. The van der Waals surface area contributed by atoms with Crippen LogP contribution in [0.1, 0.15) is 17.2 Å². The molecule has 0 spiro atoms. The molecule has 0 fully saturated rings. The Morgan fingerprint density at radius 1 is 1.15 bits per heavy atom. The molecule has 1 aromatic heterocycles. The van der Waals surface area contributed by atoms with Gasteiger partial charge in [-0.2, -0.15) is 0 Å². The standard InChI is InChI=1S/C15H17ClN2O2/c1-17-15(13-4-5-18-9-14(13)16)10-6-11(19-2)8-12(7-10)20-3/h4-9,15,17H,1-3H3. The molecule has 0 bridgehead atoms. The second-order valence-electron chi connectivity index (χ2n) is 4.26. The average Bonchev–Trinajstić information content (AvgIpc) is 2.49. The van der Waals surface area contributed by atoms with Crippen molar-refractivity contribution in [3.8, 4) is 11.5 Å². The highest BCUT2D eigenvalue weighted by molar-refractivity contribution is 6.31. The Bertz CT molecular complexity index is 568. The Kier molecular flexibility index (Phi) is 4.82. The van der Waals surface area contributed by atoms with Gasteiger partial charge in [-0.05, 0) is 36.4 Å². The fourth-order valence-corrected chi connectivity index (χ4v) is 2.35. The van der Waals surface area contributed by atoms with Gasteiger partial charge in [0, 0.05) is 18.5 Å². The summed E-state index contributed by atoms with van der Waals surface area (Å²) in [5.74, 6) is 1.48. The van der Waals surface area contributed by atoms with Crippen LogP contribution in [0.15, 0.2) is 36.7 Å². The fourth-order valence-electron chi connectivity index (χ4n) is 2.12. The van der Waals surface area contributed by atoms with Crippen LogP contribution in [0.25, 0.3) is 0 Å². The molecule has 5 heteroatoms. The molecular formula is C15H17ClN2O2. The Hall–Kier alpha value is -1.78. The van der Waals surface area contributed by atoms with Gasteiger partial charge in [0.1, 0.15) is 11.5 Å². The lowest BCUT2D eigenvalue weighted by Gasteiger charge is -2.19. The molecular weight excluding hydrogens is 276 g/mol. The quantitative estimate of drug-likeness (QED) is 0.920. The predicted octanol–water partition coefficient (Wildman–Crippen LogP) is 3.06. The van der Waals surface area contributed by atoms with E-state index in [0.29, 0.717) is 5.02 Å². The van der Waals surface area contributed by atoms with E-state index in [9.17, 15) is 0 Å². The third-order valence-electron chi connectivity index (χ3n) is 3.11. The molecule has 1 N–H and O–H groups in total. The zero-order valence-corrected chi connectivity index (χ0v) is 12.4. The molecule has 4 nitrogen and oxygen atoms in total. The molecule has 0 aliphatic rings. The Balaban J connectivity index is 2.49. The van der Waals surface area contributed by atoms with Crippen molar-refractivity contribution in [2.45, 2.75) is 6.04 Å². The highest BCUT2D eigenvalue weighted by atomic mass is 35.5. The van der Waals surface area contributed by atoms with Gasteiger partial charge in [-0.15, -0.1) is 0 Å².